The van der Waals surface area contributed by atoms with Crippen LogP contribution in [0.25, 0.3) is 11.3 Å². The second-order valence-electron chi connectivity index (χ2n) is 16.7. The fraction of sp³-hybridized carbons (Fsp3) is 0.622. The number of aromatic amines is 2. The van der Waals surface area contributed by atoms with Gasteiger partial charge in [0.2, 0.25) is 0 Å². The molecule has 47 heavy (non-hydrogen) atoms. The fourth-order valence-electron chi connectivity index (χ4n) is 9.46. The molecule has 250 valence electrons. The number of H-pyrrole nitrogens is 2. The Morgan fingerprint density at radius 2 is 1.38 bits per heavy atom. The zero-order valence-corrected chi connectivity index (χ0v) is 28.6. The third kappa shape index (κ3) is 4.79. The summed E-state index contributed by atoms with van der Waals surface area (Å²) < 4.78 is 11.4. The second-order valence-corrected chi connectivity index (χ2v) is 16.7. The molecule has 0 bridgehead atoms. The number of rotatable bonds is 5. The summed E-state index contributed by atoms with van der Waals surface area (Å²) in [7, 11) is 0. The van der Waals surface area contributed by atoms with Crippen LogP contribution in [0.3, 0.4) is 0 Å². The molecule has 3 aromatic rings. The van der Waals surface area contributed by atoms with Gasteiger partial charge in [0, 0.05) is 35.8 Å². The largest absolute Gasteiger partial charge is 0.444 e. The Bertz CT molecular complexity index is 1720. The number of imidazole rings is 2. The summed E-state index contributed by atoms with van der Waals surface area (Å²) in [6.07, 6.45) is 11.8. The van der Waals surface area contributed by atoms with Crippen LogP contribution in [0.2, 0.25) is 0 Å². The maximum atomic E-state index is 13.0. The van der Waals surface area contributed by atoms with Crippen LogP contribution in [0.15, 0.2) is 36.7 Å². The number of likely N-dealkylation sites (tertiary alicyclic amines) is 2. The summed E-state index contributed by atoms with van der Waals surface area (Å²) in [5, 5.41) is 0. The Morgan fingerprint density at radius 3 is 1.98 bits per heavy atom. The molecule has 5 aliphatic rings. The number of nitrogens with one attached hydrogen (secondary N) is 2. The van der Waals surface area contributed by atoms with Gasteiger partial charge in [0.1, 0.15) is 22.9 Å². The summed E-state index contributed by atoms with van der Waals surface area (Å²) in [6, 6.07) is 8.83. The van der Waals surface area contributed by atoms with Crippen LogP contribution in [-0.2, 0) is 20.3 Å². The smallest absolute Gasteiger partial charge is 0.410 e. The summed E-state index contributed by atoms with van der Waals surface area (Å²) >= 11 is 0. The molecule has 2 amide bonds. The molecule has 10 nitrogen and oxygen atoms in total. The molecule has 2 saturated heterocycles. The molecule has 1 spiro atoms. The maximum absolute atomic E-state index is 13.0. The van der Waals surface area contributed by atoms with Crippen molar-refractivity contribution in [2.45, 2.75) is 127 Å². The van der Waals surface area contributed by atoms with Crippen molar-refractivity contribution in [2.24, 2.45) is 5.41 Å². The molecule has 2 unspecified atom stereocenters. The molecule has 10 heteroatoms. The number of ether oxygens (including phenoxy) is 2. The van der Waals surface area contributed by atoms with Gasteiger partial charge in [-0.2, -0.15) is 0 Å². The standard InChI is InChI=1S/C37H48N6O4/c1-33(2,3)46-31(44)42-16-8-12-26(42)29-38-19-25(40-29)23-10-7-11-24(18-23)35-14-15-36(22-37(35,36)21-35)28-20-39-30(41-28)27-13-9-17-43(27)32(45)47-34(4,5)6/h7,10-11,18-20,26-27H,8-9,12-17,21-22H2,1-6H3,(H,38,40)(H,39,41)/t26-,27-,35?,36?,37-/m0/s1. The minimum atomic E-state index is -0.531. The van der Waals surface area contributed by atoms with Crippen molar-refractivity contribution >= 4 is 12.2 Å². The van der Waals surface area contributed by atoms with E-state index in [1.807, 2.05) is 57.5 Å². The fourth-order valence-corrected chi connectivity index (χ4v) is 9.46. The zero-order valence-electron chi connectivity index (χ0n) is 28.6. The average Bonchev–Trinajstić information content (AvgIpc) is 3.52. The first kappa shape index (κ1) is 30.5. The van der Waals surface area contributed by atoms with Gasteiger partial charge >= 0.3 is 12.2 Å². The summed E-state index contributed by atoms with van der Waals surface area (Å²) in [6.45, 7) is 12.8. The highest BCUT2D eigenvalue weighted by molar-refractivity contribution is 5.70. The van der Waals surface area contributed by atoms with E-state index in [0.29, 0.717) is 13.1 Å². The van der Waals surface area contributed by atoms with Crippen LogP contribution in [0.4, 0.5) is 9.59 Å². The van der Waals surface area contributed by atoms with E-state index in [1.165, 1.54) is 30.5 Å². The Morgan fingerprint density at radius 1 is 0.809 bits per heavy atom. The second kappa shape index (κ2) is 10.1. The molecule has 5 fully saturated rings. The molecule has 4 heterocycles. The number of nitrogens with zero attached hydrogens (tertiary/aromatic N) is 4. The first-order valence-corrected chi connectivity index (χ1v) is 17.4. The summed E-state index contributed by atoms with van der Waals surface area (Å²) in [4.78, 5) is 46.4. The monoisotopic (exact) mass is 640 g/mol. The average molecular weight is 641 g/mol. The van der Waals surface area contributed by atoms with Crippen molar-refractivity contribution in [1.82, 2.24) is 29.7 Å². The molecular formula is C37H48N6O4. The Kier molecular flexibility index (Phi) is 6.55. The molecule has 2 aromatic heterocycles. The van der Waals surface area contributed by atoms with Gasteiger partial charge in [-0.1, -0.05) is 18.2 Å². The predicted octanol–water partition coefficient (Wildman–Crippen LogP) is 7.71. The minimum absolute atomic E-state index is 0.0634. The van der Waals surface area contributed by atoms with Gasteiger partial charge < -0.3 is 19.4 Å². The van der Waals surface area contributed by atoms with E-state index in [0.717, 1.165) is 55.0 Å². The van der Waals surface area contributed by atoms with E-state index >= 15 is 0 Å². The Balaban J connectivity index is 0.988. The van der Waals surface area contributed by atoms with Gasteiger partial charge in [-0.3, -0.25) is 9.80 Å². The van der Waals surface area contributed by atoms with Crippen LogP contribution in [0.5, 0.6) is 0 Å². The number of hydrogen-bond acceptors (Lipinski definition) is 6. The number of amides is 2. The number of carbonyl (C=O) groups excluding carboxylic acids is 2. The lowest BCUT2D eigenvalue weighted by atomic mass is 9.89. The summed E-state index contributed by atoms with van der Waals surface area (Å²) in [5.74, 6) is 1.71. The first-order chi connectivity index (χ1) is 22.2. The summed E-state index contributed by atoms with van der Waals surface area (Å²) in [5.41, 5.74) is 4.31. The molecule has 2 N–H and O–H groups in total. The molecule has 8 rings (SSSR count). The van der Waals surface area contributed by atoms with Gasteiger partial charge in [0.15, 0.2) is 0 Å². The van der Waals surface area contributed by atoms with E-state index in [2.05, 4.69) is 40.4 Å². The van der Waals surface area contributed by atoms with Crippen molar-refractivity contribution in [3.8, 4) is 11.3 Å². The minimum Gasteiger partial charge on any atom is -0.444 e. The molecule has 1 aromatic carbocycles. The van der Waals surface area contributed by atoms with Gasteiger partial charge in [-0.15, -0.1) is 0 Å². The van der Waals surface area contributed by atoms with Crippen LogP contribution in [0, 0.1) is 5.41 Å². The Hall–Kier alpha value is -3.82. The Labute approximate surface area is 277 Å². The van der Waals surface area contributed by atoms with Gasteiger partial charge in [0.05, 0.1) is 24.0 Å². The van der Waals surface area contributed by atoms with E-state index in [9.17, 15) is 9.59 Å². The highest BCUT2D eigenvalue weighted by atomic mass is 16.6. The third-order valence-electron chi connectivity index (χ3n) is 11.6. The zero-order chi connectivity index (χ0) is 33.0. The molecule has 2 aliphatic heterocycles. The third-order valence-corrected chi connectivity index (χ3v) is 11.6. The SMILES string of the molecule is CC(C)(C)OC(=O)N1CCC[C@H]1c1ncc(-c2cccc(C34CCC5(c6cnc([C@@H]7CCCN7C(=O)OC(C)(C)C)[nH]6)C[C@@]35C4)c2)[nH]1. The van der Waals surface area contributed by atoms with Gasteiger partial charge in [-0.05, 0) is 116 Å². The lowest BCUT2D eigenvalue weighted by Crippen LogP contribution is -2.36. The van der Waals surface area contributed by atoms with Gasteiger partial charge in [-0.25, -0.2) is 19.6 Å². The van der Waals surface area contributed by atoms with Crippen LogP contribution >= 0.6 is 0 Å². The van der Waals surface area contributed by atoms with Crippen LogP contribution in [-0.4, -0.2) is 66.2 Å². The molecule has 5 atom stereocenters. The van der Waals surface area contributed by atoms with Crippen molar-refractivity contribution in [3.05, 3.63) is 59.6 Å². The number of benzene rings is 1. The van der Waals surface area contributed by atoms with Crippen molar-refractivity contribution < 1.29 is 19.1 Å². The van der Waals surface area contributed by atoms with Crippen LogP contribution in [0.1, 0.15) is 128 Å². The van der Waals surface area contributed by atoms with Crippen molar-refractivity contribution in [2.75, 3.05) is 13.1 Å². The van der Waals surface area contributed by atoms with E-state index in [-0.39, 0.29) is 40.5 Å². The lowest BCUT2D eigenvalue weighted by Gasteiger charge is -2.27. The lowest BCUT2D eigenvalue weighted by molar-refractivity contribution is 0.0208. The number of hydrogen-bond donors (Lipinski definition) is 2. The van der Waals surface area contributed by atoms with E-state index in [1.54, 1.807) is 0 Å². The molecular weight excluding hydrogens is 592 g/mol. The van der Waals surface area contributed by atoms with E-state index in [4.69, 9.17) is 19.4 Å². The van der Waals surface area contributed by atoms with Crippen molar-refractivity contribution in [1.29, 1.82) is 0 Å². The quantitative estimate of drug-likeness (QED) is 0.295. The normalized spacial score (nSPS) is 31.1. The maximum Gasteiger partial charge on any atom is 0.410 e. The van der Waals surface area contributed by atoms with E-state index < -0.39 is 11.2 Å². The first-order valence-electron chi connectivity index (χ1n) is 17.4. The predicted molar refractivity (Wildman–Crippen MR) is 177 cm³/mol. The molecule has 3 saturated carbocycles. The molecule has 0 radical (unpaired) electrons. The van der Waals surface area contributed by atoms with Crippen molar-refractivity contribution in [3.63, 3.8) is 0 Å². The van der Waals surface area contributed by atoms with Crippen LogP contribution < -0.4 is 0 Å². The highest BCUT2D eigenvalue weighted by Crippen LogP contribution is 2.94. The topological polar surface area (TPSA) is 116 Å². The molecule has 3 aliphatic carbocycles. The highest BCUT2D eigenvalue weighted by Gasteiger charge is 2.91. The van der Waals surface area contributed by atoms with Gasteiger partial charge in [0.25, 0.3) is 0 Å². The number of aromatic nitrogens is 4. The number of carbonyl (C=O) groups is 2.